The van der Waals surface area contributed by atoms with E-state index in [9.17, 15) is 14.7 Å². The molecule has 3 N–H and O–H groups in total. The summed E-state index contributed by atoms with van der Waals surface area (Å²) >= 11 is 0. The molecule has 0 saturated heterocycles. The van der Waals surface area contributed by atoms with Gasteiger partial charge in [-0.1, -0.05) is 51.1 Å². The first-order valence-electron chi connectivity index (χ1n) is 7.05. The van der Waals surface area contributed by atoms with Gasteiger partial charge < -0.3 is 15.7 Å². The fraction of sp³-hybridized carbons (Fsp3) is 0.500. The number of benzene rings is 1. The summed E-state index contributed by atoms with van der Waals surface area (Å²) in [6.07, 6.45) is 0.552. The molecule has 0 radical (unpaired) electrons. The van der Waals surface area contributed by atoms with Gasteiger partial charge in [-0.3, -0.25) is 9.59 Å². The van der Waals surface area contributed by atoms with E-state index in [-0.39, 0.29) is 31.0 Å². The summed E-state index contributed by atoms with van der Waals surface area (Å²) in [4.78, 5) is 23.5. The summed E-state index contributed by atoms with van der Waals surface area (Å²) < 4.78 is 0. The van der Waals surface area contributed by atoms with Crippen LogP contribution in [0.5, 0.6) is 0 Å². The fourth-order valence-electron chi connectivity index (χ4n) is 1.76. The van der Waals surface area contributed by atoms with Gasteiger partial charge >= 0.3 is 0 Å². The predicted octanol–water partition coefficient (Wildman–Crippen LogP) is 0.869. The third kappa shape index (κ3) is 6.40. The lowest BCUT2D eigenvalue weighted by Crippen LogP contribution is -2.46. The molecule has 1 atom stereocenters. The van der Waals surface area contributed by atoms with E-state index in [0.717, 1.165) is 5.56 Å². The molecule has 5 nitrogen and oxygen atoms in total. The lowest BCUT2D eigenvalue weighted by Gasteiger charge is -2.19. The molecule has 0 aromatic heterocycles. The smallest absolute Gasteiger partial charge is 0.239 e. The van der Waals surface area contributed by atoms with Crippen LogP contribution in [0.15, 0.2) is 30.3 Å². The Morgan fingerprint density at radius 3 is 2.33 bits per heavy atom. The summed E-state index contributed by atoms with van der Waals surface area (Å²) in [6.45, 7) is 5.12. The van der Waals surface area contributed by atoms with Crippen LogP contribution in [-0.2, 0) is 16.0 Å². The van der Waals surface area contributed by atoms with Gasteiger partial charge in [-0.15, -0.1) is 0 Å². The molecule has 21 heavy (non-hydrogen) atoms. The highest BCUT2D eigenvalue weighted by atomic mass is 16.3. The average Bonchev–Trinajstić information content (AvgIpc) is 2.44. The highest BCUT2D eigenvalue weighted by Gasteiger charge is 2.21. The first-order chi connectivity index (χ1) is 9.82. The number of hydrogen-bond donors (Lipinski definition) is 3. The minimum absolute atomic E-state index is 0.0820. The molecule has 0 spiro atoms. The topological polar surface area (TPSA) is 78.4 Å². The third-order valence-corrected chi connectivity index (χ3v) is 3.00. The van der Waals surface area contributed by atoms with E-state index in [4.69, 9.17) is 0 Å². The lowest BCUT2D eigenvalue weighted by molar-refractivity contribution is -0.131. The Morgan fingerprint density at radius 2 is 1.81 bits per heavy atom. The Labute approximate surface area is 125 Å². The average molecular weight is 292 g/mol. The summed E-state index contributed by atoms with van der Waals surface area (Å²) in [5.74, 6) is -0.483. The largest absolute Gasteiger partial charge is 0.394 e. The highest BCUT2D eigenvalue weighted by molar-refractivity contribution is 5.87. The van der Waals surface area contributed by atoms with E-state index in [1.54, 1.807) is 20.8 Å². The molecule has 0 heterocycles. The zero-order valence-electron chi connectivity index (χ0n) is 12.8. The molecular formula is C16H24N2O3. The van der Waals surface area contributed by atoms with Crippen molar-refractivity contribution in [3.05, 3.63) is 35.9 Å². The quantitative estimate of drug-likeness (QED) is 0.728. The zero-order chi connectivity index (χ0) is 15.9. The molecule has 0 saturated carbocycles. The maximum absolute atomic E-state index is 11.8. The van der Waals surface area contributed by atoms with Crippen LogP contribution in [0.3, 0.4) is 0 Å². The maximum Gasteiger partial charge on any atom is 0.239 e. The van der Waals surface area contributed by atoms with Gasteiger partial charge in [0, 0.05) is 5.41 Å². The van der Waals surface area contributed by atoms with Gasteiger partial charge in [0.1, 0.15) is 0 Å². The van der Waals surface area contributed by atoms with Crippen LogP contribution in [0, 0.1) is 5.41 Å². The van der Waals surface area contributed by atoms with Gasteiger partial charge in [-0.2, -0.15) is 0 Å². The monoisotopic (exact) mass is 292 g/mol. The van der Waals surface area contributed by atoms with Gasteiger partial charge in [0.15, 0.2) is 0 Å². The second-order valence-corrected chi connectivity index (χ2v) is 6.07. The van der Waals surface area contributed by atoms with Crippen molar-refractivity contribution in [1.29, 1.82) is 0 Å². The zero-order valence-corrected chi connectivity index (χ0v) is 12.8. The molecule has 2 amide bonds. The number of carbonyl (C=O) groups is 2. The molecule has 0 aliphatic heterocycles. The molecule has 0 aliphatic carbocycles. The van der Waals surface area contributed by atoms with E-state index in [1.165, 1.54) is 0 Å². The standard InChI is InChI=1S/C16H24N2O3/c1-16(2,3)15(21)17-10-14(20)18-13(11-19)9-12-7-5-4-6-8-12/h4-8,13,19H,9-11H2,1-3H3,(H,17,21)(H,18,20). The Balaban J connectivity index is 2.43. The fourth-order valence-corrected chi connectivity index (χ4v) is 1.76. The van der Waals surface area contributed by atoms with E-state index < -0.39 is 5.41 Å². The molecule has 5 heteroatoms. The minimum atomic E-state index is -0.527. The van der Waals surface area contributed by atoms with Gasteiger partial charge in [0.05, 0.1) is 19.2 Å². The number of aliphatic hydroxyl groups excluding tert-OH is 1. The van der Waals surface area contributed by atoms with E-state index in [0.29, 0.717) is 6.42 Å². The van der Waals surface area contributed by atoms with Gasteiger partial charge in [0.2, 0.25) is 11.8 Å². The molecule has 0 aliphatic rings. The van der Waals surface area contributed by atoms with Crippen LogP contribution < -0.4 is 10.6 Å². The number of hydrogen-bond acceptors (Lipinski definition) is 3. The Hall–Kier alpha value is -1.88. The van der Waals surface area contributed by atoms with Crippen LogP contribution in [-0.4, -0.2) is 36.1 Å². The number of aliphatic hydroxyl groups is 1. The van der Waals surface area contributed by atoms with Crippen molar-refractivity contribution in [2.24, 2.45) is 5.41 Å². The summed E-state index contributed by atoms with van der Waals surface area (Å²) in [6, 6.07) is 9.26. The van der Waals surface area contributed by atoms with E-state index in [1.807, 2.05) is 30.3 Å². The van der Waals surface area contributed by atoms with Crippen molar-refractivity contribution in [3.63, 3.8) is 0 Å². The van der Waals surface area contributed by atoms with E-state index in [2.05, 4.69) is 10.6 Å². The van der Waals surface area contributed by atoms with Crippen molar-refractivity contribution in [3.8, 4) is 0 Å². The molecule has 0 fully saturated rings. The minimum Gasteiger partial charge on any atom is -0.394 e. The van der Waals surface area contributed by atoms with Crippen molar-refractivity contribution < 1.29 is 14.7 Å². The lowest BCUT2D eigenvalue weighted by atomic mass is 9.96. The SMILES string of the molecule is CC(C)(C)C(=O)NCC(=O)NC(CO)Cc1ccccc1. The Kier molecular flexibility index (Phi) is 6.37. The van der Waals surface area contributed by atoms with E-state index >= 15 is 0 Å². The van der Waals surface area contributed by atoms with Crippen LogP contribution in [0.25, 0.3) is 0 Å². The first-order valence-corrected chi connectivity index (χ1v) is 7.05. The van der Waals surface area contributed by atoms with Crippen molar-refractivity contribution in [1.82, 2.24) is 10.6 Å². The molecular weight excluding hydrogens is 268 g/mol. The molecule has 1 unspecified atom stereocenters. The predicted molar refractivity (Wildman–Crippen MR) is 81.6 cm³/mol. The van der Waals surface area contributed by atoms with Crippen LogP contribution in [0.4, 0.5) is 0 Å². The molecule has 1 aromatic carbocycles. The van der Waals surface area contributed by atoms with Crippen LogP contribution in [0.1, 0.15) is 26.3 Å². The first kappa shape index (κ1) is 17.2. The Morgan fingerprint density at radius 1 is 1.19 bits per heavy atom. The second-order valence-electron chi connectivity index (χ2n) is 6.07. The number of amides is 2. The molecule has 0 bridgehead atoms. The van der Waals surface area contributed by atoms with Gasteiger partial charge in [0.25, 0.3) is 0 Å². The third-order valence-electron chi connectivity index (χ3n) is 3.00. The number of nitrogens with one attached hydrogen (secondary N) is 2. The Bertz CT molecular complexity index is 466. The maximum atomic E-state index is 11.8. The van der Waals surface area contributed by atoms with Crippen molar-refractivity contribution >= 4 is 11.8 Å². The molecule has 1 rings (SSSR count). The summed E-state index contributed by atoms with van der Waals surface area (Å²) in [7, 11) is 0. The van der Waals surface area contributed by atoms with Crippen molar-refractivity contribution in [2.45, 2.75) is 33.2 Å². The molecule has 1 aromatic rings. The van der Waals surface area contributed by atoms with Crippen LogP contribution in [0.2, 0.25) is 0 Å². The summed E-state index contributed by atoms with van der Waals surface area (Å²) in [5, 5.41) is 14.6. The van der Waals surface area contributed by atoms with Gasteiger partial charge in [-0.05, 0) is 12.0 Å². The normalized spacial score (nSPS) is 12.6. The summed E-state index contributed by atoms with van der Waals surface area (Å²) in [5.41, 5.74) is 0.510. The van der Waals surface area contributed by atoms with Crippen molar-refractivity contribution in [2.75, 3.05) is 13.2 Å². The second kappa shape index (κ2) is 7.78. The highest BCUT2D eigenvalue weighted by Crippen LogP contribution is 2.11. The van der Waals surface area contributed by atoms with Crippen LogP contribution >= 0.6 is 0 Å². The van der Waals surface area contributed by atoms with Gasteiger partial charge in [-0.25, -0.2) is 0 Å². The number of carbonyl (C=O) groups excluding carboxylic acids is 2. The molecule has 116 valence electrons. The number of rotatable bonds is 6.